The molecule has 4 N–H and O–H groups in total. The molecule has 1 saturated heterocycles. The maximum atomic E-state index is 15.2. The van der Waals surface area contributed by atoms with Crippen LogP contribution >= 0.6 is 0 Å². The van der Waals surface area contributed by atoms with Crippen LogP contribution in [0.5, 0.6) is 0 Å². The van der Waals surface area contributed by atoms with Gasteiger partial charge in [-0.15, -0.1) is 0 Å². The molecule has 0 spiro atoms. The maximum Gasteiger partial charge on any atom is 0.261 e. The van der Waals surface area contributed by atoms with Crippen molar-refractivity contribution in [3.8, 4) is 11.4 Å². The Morgan fingerprint density at radius 1 is 1.00 bits per heavy atom. The van der Waals surface area contributed by atoms with E-state index in [2.05, 4.69) is 44.5 Å². The van der Waals surface area contributed by atoms with Gasteiger partial charge in [0.15, 0.2) is 5.82 Å². The Morgan fingerprint density at radius 3 is 2.53 bits per heavy atom. The second-order valence-electron chi connectivity index (χ2n) is 11.5. The van der Waals surface area contributed by atoms with Gasteiger partial charge >= 0.3 is 0 Å². The van der Waals surface area contributed by atoms with Gasteiger partial charge in [0, 0.05) is 56.0 Å². The summed E-state index contributed by atoms with van der Waals surface area (Å²) in [7, 11) is 0. The van der Waals surface area contributed by atoms with Gasteiger partial charge in [-0.3, -0.25) is 4.79 Å². The van der Waals surface area contributed by atoms with Gasteiger partial charge in [0.05, 0.1) is 17.9 Å². The Morgan fingerprint density at radius 2 is 1.79 bits per heavy atom. The van der Waals surface area contributed by atoms with Crippen LogP contribution in [0.25, 0.3) is 11.4 Å². The Kier molecular flexibility index (Phi) is 7.24. The van der Waals surface area contributed by atoms with Crippen LogP contribution in [0.2, 0.25) is 0 Å². The number of nitrogens with zero attached hydrogens (tertiary/aromatic N) is 5. The fourth-order valence-electron chi connectivity index (χ4n) is 6.25. The summed E-state index contributed by atoms with van der Waals surface area (Å²) in [4.78, 5) is 31.0. The van der Waals surface area contributed by atoms with Gasteiger partial charge in [0.2, 0.25) is 5.95 Å². The number of piperazine rings is 1. The van der Waals surface area contributed by atoms with E-state index < -0.39 is 11.7 Å². The third kappa shape index (κ3) is 5.44. The van der Waals surface area contributed by atoms with Crippen molar-refractivity contribution in [1.82, 2.24) is 20.3 Å². The molecule has 4 aromatic rings. The Hall–Kier alpha value is -4.41. The number of nitrogen functional groups attached to an aromatic ring is 1. The number of rotatable bonds is 7. The smallest absolute Gasteiger partial charge is 0.261 e. The van der Waals surface area contributed by atoms with Gasteiger partial charge in [-0.25, -0.2) is 9.37 Å². The minimum Gasteiger partial charge on any atom is -0.392 e. The van der Waals surface area contributed by atoms with Crippen molar-refractivity contribution in [2.24, 2.45) is 0 Å². The molecule has 3 aromatic carbocycles. The first-order chi connectivity index (χ1) is 21.0. The predicted molar refractivity (Wildman–Crippen MR) is 164 cm³/mol. The molecule has 7 rings (SSSR count). The lowest BCUT2D eigenvalue weighted by Crippen LogP contribution is -2.43. The molecule has 9 nitrogen and oxygen atoms in total. The second-order valence-corrected chi connectivity index (χ2v) is 11.5. The SMILES string of the molecule is Nc1nc(Cc2ccc(N3CCNCC3)cc2)nc(-c2cccc(N3CCc4cc(C5CC5)cc(F)c4C3=O)c2CO)n1. The Bertz CT molecular complexity index is 1680. The summed E-state index contributed by atoms with van der Waals surface area (Å²) in [5.74, 6) is 0.405. The van der Waals surface area contributed by atoms with Crippen LogP contribution in [0.15, 0.2) is 54.6 Å². The first kappa shape index (κ1) is 27.4. The zero-order chi connectivity index (χ0) is 29.5. The number of carbonyl (C=O) groups excluding carboxylic acids is 1. The minimum atomic E-state index is -0.480. The van der Waals surface area contributed by atoms with E-state index in [0.29, 0.717) is 53.8 Å². The molecule has 1 saturated carbocycles. The van der Waals surface area contributed by atoms with E-state index in [1.807, 2.05) is 6.07 Å². The van der Waals surface area contributed by atoms with Gasteiger partial charge < -0.3 is 26.0 Å². The van der Waals surface area contributed by atoms with E-state index in [-0.39, 0.29) is 18.1 Å². The van der Waals surface area contributed by atoms with Crippen molar-refractivity contribution in [2.45, 2.75) is 38.2 Å². The summed E-state index contributed by atoms with van der Waals surface area (Å²) in [6, 6.07) is 17.2. The lowest BCUT2D eigenvalue weighted by molar-refractivity contribution is 0.0976. The quantitative estimate of drug-likeness (QED) is 0.302. The van der Waals surface area contributed by atoms with E-state index in [1.165, 1.54) is 11.8 Å². The summed E-state index contributed by atoms with van der Waals surface area (Å²) in [6.45, 7) is 3.92. The van der Waals surface area contributed by atoms with Gasteiger partial charge in [-0.2, -0.15) is 9.97 Å². The first-order valence-corrected chi connectivity index (χ1v) is 14.9. The molecule has 1 aliphatic carbocycles. The molecule has 220 valence electrons. The molecule has 3 aliphatic rings. The number of carbonyl (C=O) groups is 1. The van der Waals surface area contributed by atoms with E-state index in [4.69, 9.17) is 10.7 Å². The predicted octanol–water partition coefficient (Wildman–Crippen LogP) is 3.83. The number of benzene rings is 3. The number of nitrogens with one attached hydrogen (secondary N) is 1. The molecule has 1 amide bonds. The van der Waals surface area contributed by atoms with Crippen molar-refractivity contribution in [2.75, 3.05) is 48.3 Å². The largest absolute Gasteiger partial charge is 0.392 e. The van der Waals surface area contributed by atoms with Crippen molar-refractivity contribution >= 4 is 23.2 Å². The van der Waals surface area contributed by atoms with Crippen LogP contribution in [0.3, 0.4) is 0 Å². The number of nitrogens with two attached hydrogens (primary N) is 1. The van der Waals surface area contributed by atoms with Crippen LogP contribution in [-0.4, -0.2) is 58.7 Å². The highest BCUT2D eigenvalue weighted by Gasteiger charge is 2.33. The molecular formula is C33H34FN7O2. The number of halogens is 1. The van der Waals surface area contributed by atoms with Gasteiger partial charge in [-0.1, -0.05) is 30.3 Å². The number of aliphatic hydroxyl groups excluding tert-OH is 1. The molecule has 1 aromatic heterocycles. The monoisotopic (exact) mass is 579 g/mol. The van der Waals surface area contributed by atoms with E-state index in [1.54, 1.807) is 23.1 Å². The highest BCUT2D eigenvalue weighted by Crippen LogP contribution is 2.42. The van der Waals surface area contributed by atoms with E-state index in [0.717, 1.165) is 55.7 Å². The summed E-state index contributed by atoms with van der Waals surface area (Å²) in [5, 5.41) is 13.9. The number of fused-ring (bicyclic) bond motifs is 1. The first-order valence-electron chi connectivity index (χ1n) is 14.9. The number of amides is 1. The number of aliphatic hydroxyl groups is 1. The average Bonchev–Trinajstić information content (AvgIpc) is 3.87. The topological polar surface area (TPSA) is 120 Å². The molecule has 0 radical (unpaired) electrons. The van der Waals surface area contributed by atoms with Crippen molar-refractivity contribution in [3.63, 3.8) is 0 Å². The molecule has 0 unspecified atom stereocenters. The second kappa shape index (κ2) is 11.3. The average molecular weight is 580 g/mol. The molecule has 3 heterocycles. The summed E-state index contributed by atoms with van der Waals surface area (Å²) in [6.07, 6.45) is 3.12. The van der Waals surface area contributed by atoms with Crippen LogP contribution in [0.1, 0.15) is 57.2 Å². The Labute approximate surface area is 249 Å². The minimum absolute atomic E-state index is 0.0724. The molecule has 0 bridgehead atoms. The fraction of sp³-hybridized carbons (Fsp3) is 0.333. The highest BCUT2D eigenvalue weighted by molar-refractivity contribution is 6.09. The molecule has 2 fully saturated rings. The van der Waals surface area contributed by atoms with E-state index in [9.17, 15) is 9.90 Å². The lowest BCUT2D eigenvalue weighted by atomic mass is 9.93. The van der Waals surface area contributed by atoms with Crippen LogP contribution < -0.4 is 20.9 Å². The zero-order valence-corrected chi connectivity index (χ0v) is 23.9. The maximum absolute atomic E-state index is 15.2. The molecule has 2 aliphatic heterocycles. The summed E-state index contributed by atoms with van der Waals surface area (Å²) >= 11 is 0. The normalized spacial score (nSPS) is 16.8. The molecular weight excluding hydrogens is 545 g/mol. The fourth-order valence-corrected chi connectivity index (χ4v) is 6.25. The third-order valence-corrected chi connectivity index (χ3v) is 8.63. The third-order valence-electron chi connectivity index (χ3n) is 8.63. The van der Waals surface area contributed by atoms with Crippen LogP contribution in [-0.2, 0) is 19.4 Å². The van der Waals surface area contributed by atoms with Gasteiger partial charge in [0.25, 0.3) is 5.91 Å². The molecule has 10 heteroatoms. The summed E-state index contributed by atoms with van der Waals surface area (Å²) < 4.78 is 15.2. The van der Waals surface area contributed by atoms with Gasteiger partial charge in [-0.05, 0) is 66.1 Å². The van der Waals surface area contributed by atoms with Gasteiger partial charge in [0.1, 0.15) is 11.6 Å². The summed E-state index contributed by atoms with van der Waals surface area (Å²) in [5.41, 5.74) is 11.7. The van der Waals surface area contributed by atoms with Crippen molar-refractivity contribution in [3.05, 3.63) is 94.1 Å². The standard InChI is InChI=1S/C33H34FN7O2/c34-27-18-23(21-6-7-21)17-22-10-13-41(32(43)30(22)27)28-3-1-2-25(26(28)19-42)31-37-29(38-33(35)39-31)16-20-4-8-24(9-5-20)40-14-11-36-12-15-40/h1-5,8-9,17-18,21,36,42H,6-7,10-16,19H2,(H2,35,37,38,39). The molecule has 43 heavy (non-hydrogen) atoms. The number of anilines is 3. The zero-order valence-electron chi connectivity index (χ0n) is 23.9. The van der Waals surface area contributed by atoms with Crippen LogP contribution in [0, 0.1) is 5.82 Å². The number of hydrogen-bond acceptors (Lipinski definition) is 8. The van der Waals surface area contributed by atoms with Crippen molar-refractivity contribution in [1.29, 1.82) is 0 Å². The van der Waals surface area contributed by atoms with E-state index >= 15 is 4.39 Å². The molecule has 0 atom stereocenters. The van der Waals surface area contributed by atoms with Crippen molar-refractivity contribution < 1.29 is 14.3 Å². The number of aromatic nitrogens is 3. The lowest BCUT2D eigenvalue weighted by Gasteiger charge is -2.31. The number of hydrogen-bond donors (Lipinski definition) is 3. The highest BCUT2D eigenvalue weighted by atomic mass is 19.1. The Balaban J connectivity index is 1.17. The van der Waals surface area contributed by atoms with Crippen LogP contribution in [0.4, 0.5) is 21.7 Å².